The summed E-state index contributed by atoms with van der Waals surface area (Å²) in [6.45, 7) is 2.06. The predicted octanol–water partition coefficient (Wildman–Crippen LogP) is 0.167. The van der Waals surface area contributed by atoms with E-state index in [0.29, 0.717) is 11.7 Å². The van der Waals surface area contributed by atoms with Gasteiger partial charge in [0.25, 0.3) is 5.91 Å². The highest BCUT2D eigenvalue weighted by atomic mass is 16.1. The van der Waals surface area contributed by atoms with Gasteiger partial charge in [0.05, 0.1) is 6.04 Å². The van der Waals surface area contributed by atoms with Crippen LogP contribution in [-0.2, 0) is 0 Å². The van der Waals surface area contributed by atoms with Crippen molar-refractivity contribution in [1.82, 2.24) is 20.4 Å². The van der Waals surface area contributed by atoms with Crippen LogP contribution in [0.2, 0.25) is 0 Å². The minimum Gasteiger partial charge on any atom is -0.354 e. The summed E-state index contributed by atoms with van der Waals surface area (Å²) in [4.78, 5) is 11.3. The number of aromatic nitrogens is 2. The SMILES string of the molecule is CNC(=O)c1ccn(C2CCNCC2)n1. The van der Waals surface area contributed by atoms with Crippen LogP contribution in [0.15, 0.2) is 12.3 Å². The van der Waals surface area contributed by atoms with Gasteiger partial charge in [-0.1, -0.05) is 0 Å². The molecule has 0 radical (unpaired) electrons. The van der Waals surface area contributed by atoms with E-state index in [4.69, 9.17) is 0 Å². The zero-order valence-corrected chi connectivity index (χ0v) is 8.86. The molecule has 1 aromatic heterocycles. The highest BCUT2D eigenvalue weighted by molar-refractivity contribution is 5.91. The second-order valence-corrected chi connectivity index (χ2v) is 3.74. The lowest BCUT2D eigenvalue weighted by molar-refractivity contribution is 0.0957. The van der Waals surface area contributed by atoms with Crippen LogP contribution in [0.5, 0.6) is 0 Å². The number of carbonyl (C=O) groups is 1. The second kappa shape index (κ2) is 4.44. The summed E-state index contributed by atoms with van der Waals surface area (Å²) in [5.41, 5.74) is 0.496. The molecule has 82 valence electrons. The summed E-state index contributed by atoms with van der Waals surface area (Å²) >= 11 is 0. The van der Waals surface area contributed by atoms with Crippen molar-refractivity contribution in [2.45, 2.75) is 18.9 Å². The Hall–Kier alpha value is -1.36. The number of nitrogens with zero attached hydrogens (tertiary/aromatic N) is 2. The minimum atomic E-state index is -0.123. The van der Waals surface area contributed by atoms with Crippen molar-refractivity contribution in [3.8, 4) is 0 Å². The van der Waals surface area contributed by atoms with Gasteiger partial charge in [-0.15, -0.1) is 0 Å². The summed E-state index contributed by atoms with van der Waals surface area (Å²) in [6.07, 6.45) is 4.05. The molecule has 1 aliphatic heterocycles. The highest BCUT2D eigenvalue weighted by Crippen LogP contribution is 2.17. The van der Waals surface area contributed by atoms with Gasteiger partial charge in [-0.25, -0.2) is 0 Å². The van der Waals surface area contributed by atoms with E-state index in [0.717, 1.165) is 25.9 Å². The summed E-state index contributed by atoms with van der Waals surface area (Å²) < 4.78 is 1.91. The molecule has 1 aromatic rings. The molecule has 1 fully saturated rings. The third-order valence-electron chi connectivity index (χ3n) is 2.75. The number of nitrogens with one attached hydrogen (secondary N) is 2. The summed E-state index contributed by atoms with van der Waals surface area (Å²) in [7, 11) is 1.62. The molecule has 5 heteroatoms. The van der Waals surface area contributed by atoms with Gasteiger partial charge in [-0.3, -0.25) is 9.48 Å². The molecular formula is C10H16N4O. The lowest BCUT2D eigenvalue weighted by Crippen LogP contribution is -2.30. The van der Waals surface area contributed by atoms with Crippen LogP contribution in [0, 0.1) is 0 Å². The topological polar surface area (TPSA) is 59.0 Å². The zero-order chi connectivity index (χ0) is 10.7. The molecule has 0 unspecified atom stereocenters. The molecule has 0 spiro atoms. The maximum atomic E-state index is 11.3. The lowest BCUT2D eigenvalue weighted by atomic mass is 10.1. The van der Waals surface area contributed by atoms with Gasteiger partial charge >= 0.3 is 0 Å². The summed E-state index contributed by atoms with van der Waals surface area (Å²) in [5, 5.41) is 10.2. The lowest BCUT2D eigenvalue weighted by Gasteiger charge is -2.22. The van der Waals surface area contributed by atoms with Crippen molar-refractivity contribution in [3.05, 3.63) is 18.0 Å². The van der Waals surface area contributed by atoms with Crippen molar-refractivity contribution >= 4 is 5.91 Å². The van der Waals surface area contributed by atoms with Gasteiger partial charge in [-0.2, -0.15) is 5.10 Å². The first kappa shape index (κ1) is 10.2. The Bertz CT molecular complexity index is 341. The summed E-state index contributed by atoms with van der Waals surface area (Å²) in [6, 6.07) is 2.20. The van der Waals surface area contributed by atoms with Gasteiger partial charge in [0.2, 0.25) is 0 Å². The number of hydrogen-bond donors (Lipinski definition) is 2. The maximum Gasteiger partial charge on any atom is 0.271 e. The van der Waals surface area contributed by atoms with E-state index in [9.17, 15) is 4.79 Å². The number of rotatable bonds is 2. The highest BCUT2D eigenvalue weighted by Gasteiger charge is 2.16. The molecular weight excluding hydrogens is 192 g/mol. The monoisotopic (exact) mass is 208 g/mol. The van der Waals surface area contributed by atoms with E-state index in [1.165, 1.54) is 0 Å². The van der Waals surface area contributed by atoms with Crippen LogP contribution < -0.4 is 10.6 Å². The normalized spacial score (nSPS) is 17.7. The zero-order valence-electron chi connectivity index (χ0n) is 8.86. The molecule has 0 aliphatic carbocycles. The third kappa shape index (κ3) is 2.18. The van der Waals surface area contributed by atoms with Gasteiger partial charge in [0.1, 0.15) is 5.69 Å². The van der Waals surface area contributed by atoms with E-state index in [-0.39, 0.29) is 5.91 Å². The van der Waals surface area contributed by atoms with Crippen molar-refractivity contribution in [2.24, 2.45) is 0 Å². The molecule has 0 aromatic carbocycles. The average molecular weight is 208 g/mol. The molecule has 0 saturated carbocycles. The van der Waals surface area contributed by atoms with E-state index in [2.05, 4.69) is 15.7 Å². The number of carbonyl (C=O) groups excluding carboxylic acids is 1. The van der Waals surface area contributed by atoms with E-state index in [1.807, 2.05) is 10.9 Å². The standard InChI is InChI=1S/C10H16N4O/c1-11-10(15)9-4-7-14(13-9)8-2-5-12-6-3-8/h4,7-8,12H,2-3,5-6H2,1H3,(H,11,15). The quantitative estimate of drug-likeness (QED) is 0.728. The van der Waals surface area contributed by atoms with E-state index in [1.54, 1.807) is 13.1 Å². The Morgan fingerprint density at radius 2 is 2.33 bits per heavy atom. The van der Waals surface area contributed by atoms with Gasteiger partial charge in [-0.05, 0) is 32.0 Å². The van der Waals surface area contributed by atoms with Crippen LogP contribution in [0.25, 0.3) is 0 Å². The largest absolute Gasteiger partial charge is 0.354 e. The molecule has 1 amide bonds. The fraction of sp³-hybridized carbons (Fsp3) is 0.600. The second-order valence-electron chi connectivity index (χ2n) is 3.74. The Balaban J connectivity index is 2.08. The predicted molar refractivity (Wildman–Crippen MR) is 56.8 cm³/mol. The van der Waals surface area contributed by atoms with Crippen LogP contribution in [0.3, 0.4) is 0 Å². The average Bonchev–Trinajstić information content (AvgIpc) is 2.78. The molecule has 2 N–H and O–H groups in total. The molecule has 1 aliphatic rings. The van der Waals surface area contributed by atoms with Gasteiger partial charge in [0.15, 0.2) is 0 Å². The Kier molecular flexibility index (Phi) is 3.01. The molecule has 2 rings (SSSR count). The Morgan fingerprint density at radius 1 is 1.60 bits per heavy atom. The van der Waals surface area contributed by atoms with Crippen molar-refractivity contribution < 1.29 is 4.79 Å². The Labute approximate surface area is 88.8 Å². The molecule has 5 nitrogen and oxygen atoms in total. The number of piperidine rings is 1. The van der Waals surface area contributed by atoms with Crippen molar-refractivity contribution in [1.29, 1.82) is 0 Å². The fourth-order valence-electron chi connectivity index (χ4n) is 1.86. The fourth-order valence-corrected chi connectivity index (χ4v) is 1.86. The van der Waals surface area contributed by atoms with E-state index < -0.39 is 0 Å². The van der Waals surface area contributed by atoms with Crippen LogP contribution in [0.4, 0.5) is 0 Å². The number of amides is 1. The maximum absolute atomic E-state index is 11.3. The third-order valence-corrected chi connectivity index (χ3v) is 2.75. The van der Waals surface area contributed by atoms with Crippen LogP contribution in [0.1, 0.15) is 29.4 Å². The van der Waals surface area contributed by atoms with Gasteiger partial charge < -0.3 is 10.6 Å². The smallest absolute Gasteiger partial charge is 0.271 e. The summed E-state index contributed by atoms with van der Waals surface area (Å²) in [5.74, 6) is -0.123. The van der Waals surface area contributed by atoms with Crippen LogP contribution >= 0.6 is 0 Å². The molecule has 2 heterocycles. The minimum absolute atomic E-state index is 0.123. The van der Waals surface area contributed by atoms with Crippen LogP contribution in [-0.4, -0.2) is 35.8 Å². The van der Waals surface area contributed by atoms with E-state index >= 15 is 0 Å². The molecule has 15 heavy (non-hydrogen) atoms. The Morgan fingerprint density at radius 3 is 3.00 bits per heavy atom. The van der Waals surface area contributed by atoms with Crippen molar-refractivity contribution in [2.75, 3.05) is 20.1 Å². The molecule has 0 atom stereocenters. The number of hydrogen-bond acceptors (Lipinski definition) is 3. The first-order chi connectivity index (χ1) is 7.31. The first-order valence-corrected chi connectivity index (χ1v) is 5.29. The first-order valence-electron chi connectivity index (χ1n) is 5.29. The molecule has 0 bridgehead atoms. The van der Waals surface area contributed by atoms with Crippen molar-refractivity contribution in [3.63, 3.8) is 0 Å². The molecule has 1 saturated heterocycles. The van der Waals surface area contributed by atoms with Gasteiger partial charge in [0, 0.05) is 13.2 Å².